The van der Waals surface area contributed by atoms with Crippen LogP contribution in [0.15, 0.2) is 159 Å². The zero-order valence-electron chi connectivity index (χ0n) is 69.4. The zero-order valence-corrected chi connectivity index (χ0v) is 69.4. The Labute approximate surface area is 717 Å². The molecule has 127 heavy (non-hydrogen) atoms. The van der Waals surface area contributed by atoms with Crippen molar-refractivity contribution in [2.75, 3.05) is 107 Å². The summed E-state index contributed by atoms with van der Waals surface area (Å²) in [5, 5.41) is 18.7. The molecule has 3 fully saturated rings. The van der Waals surface area contributed by atoms with Crippen LogP contribution in [0, 0.1) is 0 Å². The first-order chi connectivity index (χ1) is 60.6. The van der Waals surface area contributed by atoms with Crippen LogP contribution in [0.25, 0.3) is 101 Å². The maximum atomic E-state index is 12.8. The van der Waals surface area contributed by atoms with Crippen molar-refractivity contribution in [3.63, 3.8) is 0 Å². The second kappa shape index (κ2) is 38.4. The SMILES string of the molecule is CC(C)=CC(=O)N1CCN(c2ccnc(-c3c[nH]c4ncccc34)n2)[C@@H](C(=O)NCC(F)(F)F)C1.COc1cc2nc(-c3c[nH]c4ncccc34)nc(NC(C)(C)C(=O)NCCF)c2cc1OC.C[C@]1(C(=O)NCC(F)(F)F)CCCN1c1ccnc(-c2c[nH]c3ncccc23)n1.O=C(NCC(F)(F)F)C1(Nc2ccnc(-c3c[nH]c4ncccc34)n2)CCOCC1. The third-order valence-electron chi connectivity index (χ3n) is 20.9. The maximum Gasteiger partial charge on any atom is 0.405 e. The molecule has 5 amide bonds. The number of hydrogen-bond acceptors (Lipinski definition) is 24. The fourth-order valence-corrected chi connectivity index (χ4v) is 14.6. The van der Waals surface area contributed by atoms with Gasteiger partial charge in [0.05, 0.1) is 26.3 Å². The van der Waals surface area contributed by atoms with E-state index in [0.29, 0.717) is 117 Å². The molecule has 1 aromatic carbocycles. The quantitative estimate of drug-likeness (QED) is 0.0222. The minimum absolute atomic E-state index is 0.0624. The molecule has 0 spiro atoms. The number of H-pyrrole nitrogens is 4. The number of nitrogens with one attached hydrogen (secondary N) is 10. The molecule has 0 bridgehead atoms. The number of aromatic amines is 4. The van der Waals surface area contributed by atoms with Gasteiger partial charge in [-0.15, -0.1) is 0 Å². The minimum atomic E-state index is -4.56. The Balaban J connectivity index is 0.000000145. The molecule has 10 N–H and O–H groups in total. The number of hydrogen-bond donors (Lipinski definition) is 10. The molecule has 0 unspecified atom stereocenters. The van der Waals surface area contributed by atoms with E-state index in [0.717, 1.165) is 43.8 Å². The Morgan fingerprint density at radius 2 is 1.02 bits per heavy atom. The predicted molar refractivity (Wildman–Crippen MR) is 452 cm³/mol. The maximum absolute atomic E-state index is 12.8. The Kier molecular flexibility index (Phi) is 27.4. The number of allylic oxidation sites excluding steroid dienone is 1. The smallest absolute Gasteiger partial charge is 0.405 e. The number of anilines is 4. The highest BCUT2D eigenvalue weighted by Gasteiger charge is 2.47. The summed E-state index contributed by atoms with van der Waals surface area (Å²) in [5.41, 5.74) is 3.64. The van der Waals surface area contributed by atoms with E-state index < -0.39 is 85.2 Å². The van der Waals surface area contributed by atoms with Crippen molar-refractivity contribution in [3.8, 4) is 57.1 Å². The number of halogens is 10. The normalized spacial score (nSPS) is 15.9. The average Bonchev–Trinajstić information content (AvgIpc) is 1.75. The van der Waals surface area contributed by atoms with E-state index in [1.54, 1.807) is 157 Å². The van der Waals surface area contributed by atoms with Crippen molar-refractivity contribution in [2.24, 2.45) is 0 Å². The van der Waals surface area contributed by atoms with Gasteiger partial charge in [0.2, 0.25) is 29.5 Å². The number of pyridine rings is 4. The minimum Gasteiger partial charge on any atom is -0.493 e. The second-order valence-corrected chi connectivity index (χ2v) is 30.5. The fraction of sp³-hybridized carbons (Fsp3) is 0.345. The summed E-state index contributed by atoms with van der Waals surface area (Å²) in [7, 11) is 3.09. The Hall–Kier alpha value is -14.3. The molecule has 3 saturated heterocycles. The second-order valence-electron chi connectivity index (χ2n) is 30.5. The summed E-state index contributed by atoms with van der Waals surface area (Å²) in [5.74, 6) is 1.41. The molecule has 33 nitrogen and oxygen atoms in total. The topological polar surface area (TPSA) is 413 Å². The first-order valence-corrected chi connectivity index (χ1v) is 39.8. The van der Waals surface area contributed by atoms with Gasteiger partial charge < -0.3 is 80.7 Å². The molecule has 15 heterocycles. The lowest BCUT2D eigenvalue weighted by molar-refractivity contribution is -0.142. The largest absolute Gasteiger partial charge is 0.493 e. The molecule has 0 saturated carbocycles. The lowest BCUT2D eigenvalue weighted by Gasteiger charge is -2.41. The van der Waals surface area contributed by atoms with Crippen LogP contribution in [0.4, 0.5) is 67.2 Å². The van der Waals surface area contributed by atoms with Crippen molar-refractivity contribution in [2.45, 2.75) is 101 Å². The van der Waals surface area contributed by atoms with Gasteiger partial charge in [-0.1, -0.05) is 5.57 Å². The lowest BCUT2D eigenvalue weighted by atomic mass is 9.88. The van der Waals surface area contributed by atoms with Gasteiger partial charge in [0, 0.05) is 182 Å². The first-order valence-electron chi connectivity index (χ1n) is 39.8. The van der Waals surface area contributed by atoms with E-state index in [2.05, 4.69) is 85.7 Å². The molecular weight excluding hydrogens is 1680 g/mol. The summed E-state index contributed by atoms with van der Waals surface area (Å²) < 4.78 is 142. The van der Waals surface area contributed by atoms with Crippen molar-refractivity contribution in [3.05, 3.63) is 159 Å². The van der Waals surface area contributed by atoms with E-state index in [4.69, 9.17) is 24.2 Å². The van der Waals surface area contributed by atoms with Crippen LogP contribution >= 0.6 is 0 Å². The van der Waals surface area contributed by atoms with Gasteiger partial charge in [0.25, 0.3) is 0 Å². The molecule has 12 aromatic heterocycles. The number of alkyl halides is 10. The molecule has 13 aromatic rings. The van der Waals surface area contributed by atoms with E-state index in [9.17, 15) is 67.9 Å². The summed E-state index contributed by atoms with van der Waals surface area (Å²) in [4.78, 5) is 134. The van der Waals surface area contributed by atoms with Crippen molar-refractivity contribution in [1.29, 1.82) is 0 Å². The van der Waals surface area contributed by atoms with Gasteiger partial charge in [-0.05, 0) is 120 Å². The van der Waals surface area contributed by atoms with Gasteiger partial charge >= 0.3 is 18.5 Å². The number of piperazine rings is 1. The Morgan fingerprint density at radius 1 is 0.543 bits per heavy atom. The van der Waals surface area contributed by atoms with Crippen molar-refractivity contribution >= 4 is 108 Å². The monoisotopic (exact) mass is 1760 g/mol. The van der Waals surface area contributed by atoms with Gasteiger partial charge in [-0.3, -0.25) is 24.0 Å². The highest BCUT2D eigenvalue weighted by Crippen LogP contribution is 2.40. The number of carbonyl (C=O) groups is 5. The molecule has 16 rings (SSSR count). The lowest BCUT2D eigenvalue weighted by Crippen LogP contribution is -2.61. The van der Waals surface area contributed by atoms with Crippen LogP contribution in [0.5, 0.6) is 11.5 Å². The van der Waals surface area contributed by atoms with E-state index in [-0.39, 0.29) is 64.0 Å². The fourth-order valence-electron chi connectivity index (χ4n) is 14.6. The summed E-state index contributed by atoms with van der Waals surface area (Å²) in [6.07, 6.45) is 7.81. The molecule has 666 valence electrons. The average molecular weight is 1760 g/mol. The summed E-state index contributed by atoms with van der Waals surface area (Å²) in [6, 6.07) is 22.1. The van der Waals surface area contributed by atoms with Gasteiger partial charge in [0.15, 0.2) is 34.8 Å². The molecule has 2 atom stereocenters. The van der Waals surface area contributed by atoms with Crippen LogP contribution in [0.1, 0.15) is 60.3 Å². The van der Waals surface area contributed by atoms with E-state index in [1.807, 2.05) is 52.3 Å². The highest BCUT2D eigenvalue weighted by molar-refractivity contribution is 6.00. The van der Waals surface area contributed by atoms with Crippen LogP contribution in [-0.4, -0.2) is 242 Å². The standard InChI is InChI=1S/C23H24F3N7O2.C23H25FN6O3.C19H19F3N6O2.C19H19F3N6O/c1-14(2)10-19(34)32-8-9-33(17(12-32)22(35)30-13-23(24,25)26)18-5-7-28-21(31-18)16-11-29-20-15(16)4-3-6-27-20;1-23(2,22(31)26-9-7-24)30-21-14-10-17(32-3)18(33-4)11-16(14)28-20(29-21)15-12-27-19-13(15)6-5-8-25-19;20-19(21,22)11-26-17(29)18(4-8-30-9-5-18)28-14-3-7-24-16(27-14)13-10-25-15-12(13)2-1-6-23-15;1-18(17(29)26-11-19(20,21)22)6-3-9-28(18)14-5-8-24-16(27-14)13-10-25-15-12(13)4-2-7-23-15/h3-7,10-11,17H,8-9,12-13H2,1-2H3,(H,27,29)(H,30,35);5-6,8,10-12H,7,9H2,1-4H3,(H,25,27)(H,26,31)(H,28,29,30);1-3,6-7,10H,4-5,8-9,11H2,(H,23,25)(H,26,29)(H,24,27,28);2,4-5,7-8,10H,3,6,9,11H2,1H3,(H,23,25)(H,26,29)/t17-;;;18-/m1..1/s1. The molecule has 3 aliphatic rings. The molecule has 3 aliphatic heterocycles. The summed E-state index contributed by atoms with van der Waals surface area (Å²) >= 11 is 0. The number of fused-ring (bicyclic) bond motifs is 5. The molecule has 0 aliphatic carbocycles. The number of amides is 5. The van der Waals surface area contributed by atoms with Gasteiger partial charge in [-0.2, -0.15) is 39.5 Å². The zero-order chi connectivity index (χ0) is 90.6. The Morgan fingerprint density at radius 3 is 1.54 bits per heavy atom. The van der Waals surface area contributed by atoms with Crippen LogP contribution < -0.4 is 51.2 Å². The number of aromatic nitrogens is 16. The predicted octanol–water partition coefficient (Wildman–Crippen LogP) is 11.9. The molecule has 0 radical (unpaired) electrons. The number of ether oxygens (including phenoxy) is 3. The first kappa shape index (κ1) is 90.4. The highest BCUT2D eigenvalue weighted by atomic mass is 19.4. The van der Waals surface area contributed by atoms with Crippen molar-refractivity contribution < 1.29 is 82.1 Å². The number of methoxy groups -OCH3 is 2. The molecular formula is C84H87F10N25O8. The number of carbonyl (C=O) groups excluding carboxylic acids is 5. The molecule has 43 heteroatoms. The van der Waals surface area contributed by atoms with Gasteiger partial charge in [-0.25, -0.2) is 64.2 Å². The van der Waals surface area contributed by atoms with E-state index in [1.165, 1.54) is 23.4 Å². The van der Waals surface area contributed by atoms with Crippen molar-refractivity contribution in [1.82, 2.24) is 106 Å². The Bertz CT molecular complexity index is 6150. The number of nitrogens with zero attached hydrogens (tertiary/aromatic N) is 15. The van der Waals surface area contributed by atoms with E-state index >= 15 is 0 Å². The van der Waals surface area contributed by atoms with Gasteiger partial charge in [0.1, 0.15) is 94.8 Å². The third kappa shape index (κ3) is 21.6. The van der Waals surface area contributed by atoms with Crippen LogP contribution in [-0.2, 0) is 28.7 Å². The summed E-state index contributed by atoms with van der Waals surface area (Å²) in [6.45, 7) is 5.07. The number of benzene rings is 1. The van der Waals surface area contributed by atoms with Crippen LogP contribution in [0.3, 0.4) is 0 Å². The third-order valence-corrected chi connectivity index (χ3v) is 20.9. The van der Waals surface area contributed by atoms with Crippen LogP contribution in [0.2, 0.25) is 0 Å². The number of rotatable bonds is 22.